The minimum atomic E-state index is -0.331. The predicted octanol–water partition coefficient (Wildman–Crippen LogP) is 4.77. The van der Waals surface area contributed by atoms with E-state index in [1.54, 1.807) is 18.3 Å². The average Bonchev–Trinajstić information content (AvgIpc) is 3.14. The first-order chi connectivity index (χ1) is 13.5. The van der Waals surface area contributed by atoms with E-state index in [9.17, 15) is 4.79 Å². The van der Waals surface area contributed by atoms with E-state index >= 15 is 0 Å². The van der Waals surface area contributed by atoms with Gasteiger partial charge in [-0.15, -0.1) is 11.3 Å². The highest BCUT2D eigenvalue weighted by Gasteiger charge is 2.21. The minimum Gasteiger partial charge on any atom is -0.493 e. The molecule has 0 aliphatic heterocycles. The van der Waals surface area contributed by atoms with Gasteiger partial charge in [-0.1, -0.05) is 28.1 Å². The van der Waals surface area contributed by atoms with E-state index in [-0.39, 0.29) is 5.91 Å². The molecule has 2 aromatic carbocycles. The van der Waals surface area contributed by atoms with Crippen molar-refractivity contribution in [2.75, 3.05) is 26.6 Å². The lowest BCUT2D eigenvalue weighted by Crippen LogP contribution is -2.13. The summed E-state index contributed by atoms with van der Waals surface area (Å²) in [5.41, 5.74) is 1.51. The second-order valence-electron chi connectivity index (χ2n) is 5.77. The molecule has 3 rings (SSSR count). The fourth-order valence-electron chi connectivity index (χ4n) is 2.70. The molecular weight excluding hydrogens is 444 g/mol. The number of hydrogen-bond donors (Lipinski definition) is 1. The van der Waals surface area contributed by atoms with Gasteiger partial charge < -0.3 is 14.2 Å². The first kappa shape index (κ1) is 20.2. The summed E-state index contributed by atoms with van der Waals surface area (Å²) in [6, 6.07) is 11.4. The molecule has 3 aromatic rings. The maximum Gasteiger partial charge on any atom is 0.261 e. The number of halogens is 1. The normalized spacial score (nSPS) is 10.4. The maximum absolute atomic E-state index is 12.7. The number of thiazole rings is 1. The largest absolute Gasteiger partial charge is 0.493 e. The molecule has 6 nitrogen and oxygen atoms in total. The zero-order valence-electron chi connectivity index (χ0n) is 15.6. The van der Waals surface area contributed by atoms with Crippen molar-refractivity contribution in [3.63, 3.8) is 0 Å². The van der Waals surface area contributed by atoms with Gasteiger partial charge >= 0.3 is 0 Å². The number of nitrogens with one attached hydrogen (secondary N) is 1. The lowest BCUT2D eigenvalue weighted by molar-refractivity contribution is 0.102. The van der Waals surface area contributed by atoms with Crippen LogP contribution in [-0.4, -0.2) is 32.2 Å². The Morgan fingerprint density at radius 3 is 2.39 bits per heavy atom. The second kappa shape index (κ2) is 9.07. The predicted molar refractivity (Wildman–Crippen MR) is 113 cm³/mol. The van der Waals surface area contributed by atoms with Crippen LogP contribution in [0, 0.1) is 0 Å². The molecule has 0 saturated heterocycles. The number of rotatable bonds is 7. The lowest BCUT2D eigenvalue weighted by Gasteiger charge is -2.15. The van der Waals surface area contributed by atoms with Crippen LogP contribution in [0.15, 0.2) is 47.1 Å². The fraction of sp³-hybridized carbons (Fsp3) is 0.200. The smallest absolute Gasteiger partial charge is 0.261 e. The van der Waals surface area contributed by atoms with Gasteiger partial charge in [-0.3, -0.25) is 10.1 Å². The number of ether oxygens (including phenoxy) is 3. The molecule has 0 unspecified atom stereocenters. The maximum atomic E-state index is 12.7. The Morgan fingerprint density at radius 2 is 1.75 bits per heavy atom. The molecule has 28 heavy (non-hydrogen) atoms. The highest BCUT2D eigenvalue weighted by Crippen LogP contribution is 2.40. The van der Waals surface area contributed by atoms with Gasteiger partial charge in [0.25, 0.3) is 5.91 Å². The molecular formula is C20H19BrN2O4S. The van der Waals surface area contributed by atoms with E-state index in [1.165, 1.54) is 38.2 Å². The van der Waals surface area contributed by atoms with Crippen molar-refractivity contribution in [2.24, 2.45) is 0 Å². The number of methoxy groups -OCH3 is 3. The van der Waals surface area contributed by atoms with Crippen LogP contribution in [0.5, 0.6) is 17.2 Å². The van der Waals surface area contributed by atoms with Crippen LogP contribution in [0.1, 0.15) is 20.8 Å². The highest BCUT2D eigenvalue weighted by molar-refractivity contribution is 9.10. The van der Waals surface area contributed by atoms with Gasteiger partial charge in [-0.25, -0.2) is 4.98 Å². The van der Waals surface area contributed by atoms with Gasteiger partial charge in [0, 0.05) is 22.0 Å². The Balaban J connectivity index is 1.77. The van der Waals surface area contributed by atoms with Gasteiger partial charge in [0.05, 0.1) is 26.9 Å². The summed E-state index contributed by atoms with van der Waals surface area (Å²) in [5.74, 6) is 0.836. The van der Waals surface area contributed by atoms with Gasteiger partial charge in [0.15, 0.2) is 16.6 Å². The van der Waals surface area contributed by atoms with Crippen LogP contribution in [0.2, 0.25) is 0 Å². The SMILES string of the molecule is COc1ccc(C(=O)Nc2ncc(Cc3ccc(Br)cc3)s2)c(OC)c1OC. The van der Waals surface area contributed by atoms with E-state index in [2.05, 4.69) is 38.4 Å². The van der Waals surface area contributed by atoms with Crippen molar-refractivity contribution >= 4 is 38.3 Å². The molecule has 0 aliphatic carbocycles. The number of hydrogen-bond acceptors (Lipinski definition) is 6. The van der Waals surface area contributed by atoms with Gasteiger partial charge in [-0.05, 0) is 29.8 Å². The number of nitrogens with zero attached hydrogens (tertiary/aromatic N) is 1. The third-order valence-electron chi connectivity index (χ3n) is 4.01. The van der Waals surface area contributed by atoms with Crippen molar-refractivity contribution in [1.82, 2.24) is 4.98 Å². The lowest BCUT2D eigenvalue weighted by atomic mass is 10.1. The molecule has 0 saturated carbocycles. The Morgan fingerprint density at radius 1 is 1.04 bits per heavy atom. The molecule has 0 atom stereocenters. The Bertz CT molecular complexity index is 973. The highest BCUT2D eigenvalue weighted by atomic mass is 79.9. The molecule has 1 amide bonds. The number of carbonyl (C=O) groups excluding carboxylic acids is 1. The molecule has 8 heteroatoms. The molecule has 0 fully saturated rings. The first-order valence-corrected chi connectivity index (χ1v) is 9.96. The van der Waals surface area contributed by atoms with Gasteiger partial charge in [0.1, 0.15) is 0 Å². The number of amides is 1. The van der Waals surface area contributed by atoms with E-state index in [0.717, 1.165) is 15.8 Å². The molecule has 0 radical (unpaired) electrons. The number of benzene rings is 2. The molecule has 1 N–H and O–H groups in total. The summed E-state index contributed by atoms with van der Waals surface area (Å²) in [4.78, 5) is 18.1. The van der Waals surface area contributed by atoms with Crippen molar-refractivity contribution in [2.45, 2.75) is 6.42 Å². The van der Waals surface area contributed by atoms with E-state index in [0.29, 0.717) is 27.9 Å². The first-order valence-electron chi connectivity index (χ1n) is 8.35. The quantitative estimate of drug-likeness (QED) is 0.547. The van der Waals surface area contributed by atoms with Crippen LogP contribution >= 0.6 is 27.3 Å². The second-order valence-corrected chi connectivity index (χ2v) is 7.80. The van der Waals surface area contributed by atoms with Gasteiger partial charge in [0.2, 0.25) is 5.75 Å². The third kappa shape index (κ3) is 4.45. The van der Waals surface area contributed by atoms with Crippen molar-refractivity contribution in [3.8, 4) is 17.2 Å². The van der Waals surface area contributed by atoms with Crippen molar-refractivity contribution in [3.05, 3.63) is 63.1 Å². The van der Waals surface area contributed by atoms with E-state index in [1.807, 2.05) is 12.1 Å². The Labute approximate surface area is 175 Å². The molecule has 1 aromatic heterocycles. The monoisotopic (exact) mass is 462 g/mol. The fourth-order valence-corrected chi connectivity index (χ4v) is 3.80. The average molecular weight is 463 g/mol. The Kier molecular flexibility index (Phi) is 6.53. The van der Waals surface area contributed by atoms with Crippen LogP contribution in [0.3, 0.4) is 0 Å². The summed E-state index contributed by atoms with van der Waals surface area (Å²) >= 11 is 4.87. The summed E-state index contributed by atoms with van der Waals surface area (Å²) in [5, 5.41) is 3.34. The van der Waals surface area contributed by atoms with Crippen LogP contribution in [0.25, 0.3) is 0 Å². The van der Waals surface area contributed by atoms with Crippen molar-refractivity contribution in [1.29, 1.82) is 0 Å². The third-order valence-corrected chi connectivity index (χ3v) is 5.46. The van der Waals surface area contributed by atoms with Crippen molar-refractivity contribution < 1.29 is 19.0 Å². The van der Waals surface area contributed by atoms with Crippen LogP contribution in [-0.2, 0) is 6.42 Å². The zero-order chi connectivity index (χ0) is 20.1. The summed E-state index contributed by atoms with van der Waals surface area (Å²) in [6.45, 7) is 0. The molecule has 0 spiro atoms. The molecule has 1 heterocycles. The van der Waals surface area contributed by atoms with E-state index in [4.69, 9.17) is 14.2 Å². The minimum absolute atomic E-state index is 0.311. The Hall–Kier alpha value is -2.58. The molecule has 146 valence electrons. The van der Waals surface area contributed by atoms with Gasteiger partial charge in [-0.2, -0.15) is 0 Å². The summed E-state index contributed by atoms with van der Waals surface area (Å²) < 4.78 is 17.0. The molecule has 0 aliphatic rings. The molecule has 0 bridgehead atoms. The number of anilines is 1. The number of aromatic nitrogens is 1. The standard InChI is InChI=1S/C20H19BrN2O4S/c1-25-16-9-8-15(17(26-2)18(16)27-3)19(24)23-20-22-11-14(28-20)10-12-4-6-13(21)7-5-12/h4-9,11H,10H2,1-3H3,(H,22,23,24). The van der Waals surface area contributed by atoms with Crippen LogP contribution < -0.4 is 19.5 Å². The van der Waals surface area contributed by atoms with Crippen LogP contribution in [0.4, 0.5) is 5.13 Å². The topological polar surface area (TPSA) is 69.7 Å². The zero-order valence-corrected chi connectivity index (χ0v) is 18.0. The summed E-state index contributed by atoms with van der Waals surface area (Å²) in [6.07, 6.45) is 2.52. The van der Waals surface area contributed by atoms with E-state index < -0.39 is 0 Å². The number of carbonyl (C=O) groups is 1. The summed E-state index contributed by atoms with van der Waals surface area (Å²) in [7, 11) is 4.50.